The van der Waals surface area contributed by atoms with Crippen LogP contribution in [0.1, 0.15) is 29.5 Å². The Kier molecular flexibility index (Phi) is 5.86. The van der Waals surface area contributed by atoms with Gasteiger partial charge in [-0.3, -0.25) is 19.8 Å². The molecular weight excluding hydrogens is 342 g/mol. The number of nitro groups is 1. The van der Waals surface area contributed by atoms with Gasteiger partial charge in [0.25, 0.3) is 5.69 Å². The molecule has 6 nitrogen and oxygen atoms in total. The van der Waals surface area contributed by atoms with Crippen molar-refractivity contribution in [3.8, 4) is 0 Å². The summed E-state index contributed by atoms with van der Waals surface area (Å²) >= 11 is 0. The Morgan fingerprint density at radius 1 is 1.26 bits per heavy atom. The standard InChI is InChI=1S/C21H25N3O3/c1-15-5-3-6-17(11-15)13-23-10-4-7-18(14-23)21(25)22-20-12-19(24(26)27)9-8-16(20)2/h3,5-6,8-9,11-12,18H,4,7,10,13-14H2,1-2H3,(H,22,25). The second kappa shape index (κ2) is 8.31. The number of non-ortho nitro benzene ring substituents is 1. The number of amides is 1. The summed E-state index contributed by atoms with van der Waals surface area (Å²) in [7, 11) is 0. The van der Waals surface area contributed by atoms with E-state index in [1.807, 2.05) is 6.92 Å². The molecule has 1 heterocycles. The number of aryl methyl sites for hydroxylation is 2. The van der Waals surface area contributed by atoms with Crippen molar-refractivity contribution < 1.29 is 9.72 Å². The van der Waals surface area contributed by atoms with Gasteiger partial charge in [-0.05, 0) is 44.4 Å². The van der Waals surface area contributed by atoms with E-state index in [9.17, 15) is 14.9 Å². The number of nitrogens with zero attached hydrogens (tertiary/aromatic N) is 2. The van der Waals surface area contributed by atoms with Gasteiger partial charge in [0.2, 0.25) is 5.91 Å². The van der Waals surface area contributed by atoms with Gasteiger partial charge >= 0.3 is 0 Å². The maximum Gasteiger partial charge on any atom is 0.271 e. The highest BCUT2D eigenvalue weighted by Crippen LogP contribution is 2.25. The van der Waals surface area contributed by atoms with Gasteiger partial charge in [-0.15, -0.1) is 0 Å². The molecule has 3 rings (SSSR count). The number of hydrogen-bond acceptors (Lipinski definition) is 4. The van der Waals surface area contributed by atoms with E-state index >= 15 is 0 Å². The Hall–Kier alpha value is -2.73. The van der Waals surface area contributed by atoms with Crippen LogP contribution in [-0.2, 0) is 11.3 Å². The summed E-state index contributed by atoms with van der Waals surface area (Å²) in [6.07, 6.45) is 1.81. The minimum absolute atomic E-state index is 0.0133. The molecule has 1 fully saturated rings. The third-order valence-corrected chi connectivity index (χ3v) is 5.05. The van der Waals surface area contributed by atoms with Gasteiger partial charge in [0.15, 0.2) is 0 Å². The second-order valence-corrected chi connectivity index (χ2v) is 7.31. The molecule has 1 atom stereocenters. The molecule has 0 aromatic heterocycles. The van der Waals surface area contributed by atoms with Gasteiger partial charge in [0, 0.05) is 25.2 Å². The minimum Gasteiger partial charge on any atom is -0.325 e. The summed E-state index contributed by atoms with van der Waals surface area (Å²) in [4.78, 5) is 25.6. The van der Waals surface area contributed by atoms with E-state index in [1.165, 1.54) is 23.3 Å². The van der Waals surface area contributed by atoms with Crippen LogP contribution in [-0.4, -0.2) is 28.8 Å². The summed E-state index contributed by atoms with van der Waals surface area (Å²) in [6.45, 7) is 6.43. The molecule has 0 aliphatic carbocycles. The number of nitro benzene ring substituents is 1. The van der Waals surface area contributed by atoms with Crippen molar-refractivity contribution >= 4 is 17.3 Å². The summed E-state index contributed by atoms with van der Waals surface area (Å²) in [5.74, 6) is -0.172. The Labute approximate surface area is 159 Å². The average Bonchev–Trinajstić information content (AvgIpc) is 2.63. The molecular formula is C21H25N3O3. The van der Waals surface area contributed by atoms with E-state index in [4.69, 9.17) is 0 Å². The zero-order valence-corrected chi connectivity index (χ0v) is 15.8. The SMILES string of the molecule is Cc1cccc(CN2CCCC(C(=O)Nc3cc([N+](=O)[O-])ccc3C)C2)c1. The van der Waals surface area contributed by atoms with Crippen LogP contribution in [0.2, 0.25) is 0 Å². The fourth-order valence-corrected chi connectivity index (χ4v) is 3.57. The van der Waals surface area contributed by atoms with E-state index < -0.39 is 4.92 Å². The van der Waals surface area contributed by atoms with Crippen molar-refractivity contribution in [2.24, 2.45) is 5.92 Å². The Balaban J connectivity index is 1.65. The van der Waals surface area contributed by atoms with Gasteiger partial charge in [0.1, 0.15) is 0 Å². The van der Waals surface area contributed by atoms with Crippen LogP contribution in [0.4, 0.5) is 11.4 Å². The summed E-state index contributed by atoms with van der Waals surface area (Å²) in [5.41, 5.74) is 3.82. The van der Waals surface area contributed by atoms with Crippen LogP contribution in [0.3, 0.4) is 0 Å². The highest BCUT2D eigenvalue weighted by Gasteiger charge is 2.26. The molecule has 6 heteroatoms. The zero-order chi connectivity index (χ0) is 19.4. The van der Waals surface area contributed by atoms with E-state index in [1.54, 1.807) is 6.07 Å². The van der Waals surface area contributed by atoms with Gasteiger partial charge in [-0.1, -0.05) is 35.9 Å². The maximum absolute atomic E-state index is 12.7. The van der Waals surface area contributed by atoms with Gasteiger partial charge in [-0.25, -0.2) is 0 Å². The smallest absolute Gasteiger partial charge is 0.271 e. The molecule has 1 saturated heterocycles. The van der Waals surface area contributed by atoms with Crippen molar-refractivity contribution in [3.05, 3.63) is 69.3 Å². The third kappa shape index (κ3) is 4.92. The molecule has 0 radical (unpaired) electrons. The number of benzene rings is 2. The average molecular weight is 367 g/mol. The molecule has 1 aliphatic heterocycles. The summed E-state index contributed by atoms with van der Waals surface area (Å²) < 4.78 is 0. The first-order valence-corrected chi connectivity index (χ1v) is 9.26. The quantitative estimate of drug-likeness (QED) is 0.639. The lowest BCUT2D eigenvalue weighted by Crippen LogP contribution is -2.40. The first-order valence-electron chi connectivity index (χ1n) is 9.26. The van der Waals surface area contributed by atoms with Crippen molar-refractivity contribution in [1.29, 1.82) is 0 Å². The molecule has 1 N–H and O–H groups in total. The number of likely N-dealkylation sites (tertiary alicyclic amines) is 1. The summed E-state index contributed by atoms with van der Waals surface area (Å²) in [5, 5.41) is 13.9. The Morgan fingerprint density at radius 2 is 2.07 bits per heavy atom. The van der Waals surface area contributed by atoms with Crippen LogP contribution in [0.25, 0.3) is 0 Å². The highest BCUT2D eigenvalue weighted by atomic mass is 16.6. The molecule has 1 unspecified atom stereocenters. The lowest BCUT2D eigenvalue weighted by molar-refractivity contribution is -0.384. The fourth-order valence-electron chi connectivity index (χ4n) is 3.57. The molecule has 1 aliphatic rings. The Bertz CT molecular complexity index is 850. The summed E-state index contributed by atoms with van der Waals surface area (Å²) in [6, 6.07) is 13.0. The predicted octanol–water partition coefficient (Wildman–Crippen LogP) is 4.06. The van der Waals surface area contributed by atoms with Crippen LogP contribution >= 0.6 is 0 Å². The zero-order valence-electron chi connectivity index (χ0n) is 15.8. The molecule has 142 valence electrons. The molecule has 1 amide bonds. The van der Waals surface area contributed by atoms with Gasteiger partial charge in [-0.2, -0.15) is 0 Å². The molecule has 2 aromatic carbocycles. The molecule has 2 aromatic rings. The largest absolute Gasteiger partial charge is 0.325 e. The van der Waals surface area contributed by atoms with Gasteiger partial charge < -0.3 is 5.32 Å². The van der Waals surface area contributed by atoms with E-state index in [0.29, 0.717) is 12.2 Å². The second-order valence-electron chi connectivity index (χ2n) is 7.31. The number of hydrogen-bond donors (Lipinski definition) is 1. The van der Waals surface area contributed by atoms with E-state index in [2.05, 4.69) is 41.4 Å². The molecule has 0 spiro atoms. The fraction of sp³-hybridized carbons (Fsp3) is 0.381. The number of nitrogens with one attached hydrogen (secondary N) is 1. The first kappa shape index (κ1) is 19.0. The number of anilines is 1. The van der Waals surface area contributed by atoms with Crippen molar-refractivity contribution in [1.82, 2.24) is 4.90 Å². The minimum atomic E-state index is -0.445. The molecule has 0 saturated carbocycles. The van der Waals surface area contributed by atoms with Crippen LogP contribution in [0, 0.1) is 29.9 Å². The van der Waals surface area contributed by atoms with Crippen molar-refractivity contribution in [2.75, 3.05) is 18.4 Å². The van der Waals surface area contributed by atoms with E-state index in [-0.39, 0.29) is 17.5 Å². The molecule has 0 bridgehead atoms. The Morgan fingerprint density at radius 3 is 2.81 bits per heavy atom. The monoisotopic (exact) mass is 367 g/mol. The normalized spacial score (nSPS) is 17.5. The molecule has 27 heavy (non-hydrogen) atoms. The van der Waals surface area contributed by atoms with Crippen LogP contribution in [0.5, 0.6) is 0 Å². The number of carbonyl (C=O) groups excluding carboxylic acids is 1. The predicted molar refractivity (Wildman–Crippen MR) is 106 cm³/mol. The van der Waals surface area contributed by atoms with Crippen LogP contribution < -0.4 is 5.32 Å². The number of piperidine rings is 1. The maximum atomic E-state index is 12.7. The first-order chi connectivity index (χ1) is 12.9. The number of carbonyl (C=O) groups is 1. The van der Waals surface area contributed by atoms with Gasteiger partial charge in [0.05, 0.1) is 16.5 Å². The highest BCUT2D eigenvalue weighted by molar-refractivity contribution is 5.93. The number of rotatable bonds is 5. The lowest BCUT2D eigenvalue weighted by atomic mass is 9.96. The topological polar surface area (TPSA) is 75.5 Å². The van der Waals surface area contributed by atoms with Crippen LogP contribution in [0.15, 0.2) is 42.5 Å². The van der Waals surface area contributed by atoms with Crippen molar-refractivity contribution in [3.63, 3.8) is 0 Å². The third-order valence-electron chi connectivity index (χ3n) is 5.05. The van der Waals surface area contributed by atoms with Crippen molar-refractivity contribution in [2.45, 2.75) is 33.2 Å². The van der Waals surface area contributed by atoms with E-state index in [0.717, 1.165) is 31.5 Å². The lowest BCUT2D eigenvalue weighted by Gasteiger charge is -2.32.